The molecule has 86 valence electrons. The SMILES string of the molecule is CCC(CC)Nc1nccn1CCOC. The van der Waals surface area contributed by atoms with Crippen LogP contribution in [0.5, 0.6) is 0 Å². The summed E-state index contributed by atoms with van der Waals surface area (Å²) >= 11 is 0. The van der Waals surface area contributed by atoms with Crippen LogP contribution in [0.3, 0.4) is 0 Å². The molecule has 0 aromatic carbocycles. The van der Waals surface area contributed by atoms with Gasteiger partial charge in [-0.05, 0) is 12.8 Å². The van der Waals surface area contributed by atoms with Crippen LogP contribution >= 0.6 is 0 Å². The molecule has 0 atom stereocenters. The molecule has 0 unspecified atom stereocenters. The van der Waals surface area contributed by atoms with Gasteiger partial charge in [-0.15, -0.1) is 0 Å². The van der Waals surface area contributed by atoms with Crippen LogP contribution in [0.1, 0.15) is 26.7 Å². The van der Waals surface area contributed by atoms with Gasteiger partial charge in [0.25, 0.3) is 0 Å². The molecule has 0 saturated carbocycles. The van der Waals surface area contributed by atoms with Crippen LogP contribution < -0.4 is 5.32 Å². The Kier molecular flexibility index (Phi) is 5.18. The van der Waals surface area contributed by atoms with Gasteiger partial charge in [0.15, 0.2) is 0 Å². The zero-order valence-electron chi connectivity index (χ0n) is 9.86. The van der Waals surface area contributed by atoms with Crippen molar-refractivity contribution in [3.05, 3.63) is 12.4 Å². The lowest BCUT2D eigenvalue weighted by Gasteiger charge is -2.16. The summed E-state index contributed by atoms with van der Waals surface area (Å²) in [6.45, 7) is 5.93. The van der Waals surface area contributed by atoms with Crippen molar-refractivity contribution in [2.75, 3.05) is 19.0 Å². The number of nitrogens with one attached hydrogen (secondary N) is 1. The number of aromatic nitrogens is 2. The van der Waals surface area contributed by atoms with Crippen LogP contribution in [-0.4, -0.2) is 29.3 Å². The molecule has 4 heteroatoms. The molecule has 0 spiro atoms. The predicted molar refractivity (Wildman–Crippen MR) is 62.1 cm³/mol. The zero-order valence-corrected chi connectivity index (χ0v) is 9.86. The van der Waals surface area contributed by atoms with E-state index >= 15 is 0 Å². The van der Waals surface area contributed by atoms with Crippen LogP contribution in [-0.2, 0) is 11.3 Å². The van der Waals surface area contributed by atoms with Gasteiger partial charge in [0.2, 0.25) is 5.95 Å². The maximum Gasteiger partial charge on any atom is 0.203 e. The van der Waals surface area contributed by atoms with Crippen molar-refractivity contribution < 1.29 is 4.74 Å². The van der Waals surface area contributed by atoms with Gasteiger partial charge >= 0.3 is 0 Å². The Bertz CT molecular complexity index is 269. The minimum absolute atomic E-state index is 0.508. The van der Waals surface area contributed by atoms with Gasteiger partial charge in [-0.25, -0.2) is 4.98 Å². The highest BCUT2D eigenvalue weighted by atomic mass is 16.5. The number of anilines is 1. The van der Waals surface area contributed by atoms with Crippen LogP contribution in [0.25, 0.3) is 0 Å². The number of rotatable bonds is 7. The Balaban J connectivity index is 2.55. The van der Waals surface area contributed by atoms with Crippen molar-refractivity contribution in [2.45, 2.75) is 39.3 Å². The first kappa shape index (κ1) is 12.0. The smallest absolute Gasteiger partial charge is 0.203 e. The molecular weight excluding hydrogens is 190 g/mol. The van der Waals surface area contributed by atoms with E-state index < -0.39 is 0 Å². The van der Waals surface area contributed by atoms with E-state index in [1.54, 1.807) is 7.11 Å². The molecule has 0 fully saturated rings. The third kappa shape index (κ3) is 3.55. The molecule has 0 bridgehead atoms. The van der Waals surface area contributed by atoms with Crippen molar-refractivity contribution in [1.82, 2.24) is 9.55 Å². The summed E-state index contributed by atoms with van der Waals surface area (Å²) in [6.07, 6.45) is 6.03. The molecule has 15 heavy (non-hydrogen) atoms. The molecule has 0 aliphatic rings. The van der Waals surface area contributed by atoms with Gasteiger partial charge in [-0.1, -0.05) is 13.8 Å². The van der Waals surface area contributed by atoms with Crippen LogP contribution in [0, 0.1) is 0 Å². The highest BCUT2D eigenvalue weighted by Crippen LogP contribution is 2.09. The molecule has 1 aromatic rings. The summed E-state index contributed by atoms with van der Waals surface area (Å²) in [5, 5.41) is 3.43. The zero-order chi connectivity index (χ0) is 11.1. The molecular formula is C11H21N3O. The molecule has 0 aliphatic carbocycles. The van der Waals surface area contributed by atoms with E-state index in [-0.39, 0.29) is 0 Å². The van der Waals surface area contributed by atoms with Gasteiger partial charge < -0.3 is 14.6 Å². The second kappa shape index (κ2) is 6.45. The van der Waals surface area contributed by atoms with Crippen LogP contribution in [0.4, 0.5) is 5.95 Å². The van der Waals surface area contributed by atoms with E-state index in [0.717, 1.165) is 25.3 Å². The average molecular weight is 211 g/mol. The minimum Gasteiger partial charge on any atom is -0.383 e. The van der Waals surface area contributed by atoms with Crippen molar-refractivity contribution in [2.24, 2.45) is 0 Å². The van der Waals surface area contributed by atoms with Gasteiger partial charge in [-0.2, -0.15) is 0 Å². The van der Waals surface area contributed by atoms with Gasteiger partial charge in [-0.3, -0.25) is 0 Å². The molecule has 1 rings (SSSR count). The highest BCUT2D eigenvalue weighted by Gasteiger charge is 2.07. The fourth-order valence-corrected chi connectivity index (χ4v) is 1.49. The number of hydrogen-bond donors (Lipinski definition) is 1. The summed E-state index contributed by atoms with van der Waals surface area (Å²) in [4.78, 5) is 4.30. The molecule has 0 saturated heterocycles. The van der Waals surface area contributed by atoms with Crippen molar-refractivity contribution >= 4 is 5.95 Å². The largest absolute Gasteiger partial charge is 0.383 e. The third-order valence-corrected chi connectivity index (χ3v) is 2.57. The first-order chi connectivity index (χ1) is 7.31. The lowest BCUT2D eigenvalue weighted by molar-refractivity contribution is 0.187. The molecule has 0 amide bonds. The summed E-state index contributed by atoms with van der Waals surface area (Å²) in [7, 11) is 1.71. The quantitative estimate of drug-likeness (QED) is 0.751. The summed E-state index contributed by atoms with van der Waals surface area (Å²) < 4.78 is 7.14. The molecule has 0 aliphatic heterocycles. The first-order valence-corrected chi connectivity index (χ1v) is 5.58. The Morgan fingerprint density at radius 3 is 2.80 bits per heavy atom. The monoisotopic (exact) mass is 211 g/mol. The van der Waals surface area contributed by atoms with Gasteiger partial charge in [0.1, 0.15) is 0 Å². The number of hydrogen-bond acceptors (Lipinski definition) is 3. The van der Waals surface area contributed by atoms with Gasteiger partial charge in [0.05, 0.1) is 6.61 Å². The van der Waals surface area contributed by atoms with E-state index in [9.17, 15) is 0 Å². The molecule has 0 radical (unpaired) electrons. The van der Waals surface area contributed by atoms with Crippen LogP contribution in [0.15, 0.2) is 12.4 Å². The normalized spacial score (nSPS) is 10.9. The second-order valence-corrected chi connectivity index (χ2v) is 3.59. The lowest BCUT2D eigenvalue weighted by atomic mass is 10.2. The third-order valence-electron chi connectivity index (χ3n) is 2.57. The fourth-order valence-electron chi connectivity index (χ4n) is 1.49. The Morgan fingerprint density at radius 2 is 2.20 bits per heavy atom. The fraction of sp³-hybridized carbons (Fsp3) is 0.727. The Hall–Kier alpha value is -1.03. The average Bonchev–Trinajstić information content (AvgIpc) is 2.70. The van der Waals surface area contributed by atoms with Crippen molar-refractivity contribution in [1.29, 1.82) is 0 Å². The standard InChI is InChI=1S/C11H21N3O/c1-4-10(5-2)13-11-12-6-7-14(11)8-9-15-3/h6-7,10H,4-5,8-9H2,1-3H3,(H,12,13). The Morgan fingerprint density at radius 1 is 1.47 bits per heavy atom. The maximum absolute atomic E-state index is 5.05. The van der Waals surface area contributed by atoms with Crippen molar-refractivity contribution in [3.8, 4) is 0 Å². The van der Waals surface area contributed by atoms with E-state index in [2.05, 4.69) is 28.7 Å². The molecule has 1 N–H and O–H groups in total. The minimum atomic E-state index is 0.508. The van der Waals surface area contributed by atoms with Gasteiger partial charge in [0, 0.05) is 32.1 Å². The predicted octanol–water partition coefficient (Wildman–Crippen LogP) is 2.13. The number of methoxy groups -OCH3 is 1. The van der Waals surface area contributed by atoms with E-state index in [1.807, 2.05) is 12.4 Å². The maximum atomic E-state index is 5.05. The second-order valence-electron chi connectivity index (χ2n) is 3.59. The number of ether oxygens (including phenoxy) is 1. The Labute approximate surface area is 91.7 Å². The topological polar surface area (TPSA) is 39.1 Å². The lowest BCUT2D eigenvalue weighted by Crippen LogP contribution is -2.20. The number of nitrogens with zero attached hydrogens (tertiary/aromatic N) is 2. The summed E-state index contributed by atoms with van der Waals surface area (Å²) in [5.74, 6) is 0.945. The summed E-state index contributed by atoms with van der Waals surface area (Å²) in [5.41, 5.74) is 0. The van der Waals surface area contributed by atoms with E-state index in [0.29, 0.717) is 12.6 Å². The van der Waals surface area contributed by atoms with Crippen molar-refractivity contribution in [3.63, 3.8) is 0 Å². The molecule has 1 aromatic heterocycles. The first-order valence-electron chi connectivity index (χ1n) is 5.58. The molecule has 4 nitrogen and oxygen atoms in total. The van der Waals surface area contributed by atoms with E-state index in [1.165, 1.54) is 0 Å². The summed E-state index contributed by atoms with van der Waals surface area (Å²) in [6, 6.07) is 0.508. The van der Waals surface area contributed by atoms with E-state index in [4.69, 9.17) is 4.74 Å². The number of imidazole rings is 1. The molecule has 1 heterocycles. The van der Waals surface area contributed by atoms with Crippen LogP contribution in [0.2, 0.25) is 0 Å². The highest BCUT2D eigenvalue weighted by molar-refractivity contribution is 5.27.